The molecule has 2 heteroatoms. The van der Waals surface area contributed by atoms with Crippen LogP contribution in [0, 0.1) is 0 Å². The van der Waals surface area contributed by atoms with Crippen molar-refractivity contribution >= 4 is 15.9 Å². The molecule has 38 valence electrons. The van der Waals surface area contributed by atoms with Gasteiger partial charge in [0, 0.05) is 4.83 Å². The van der Waals surface area contributed by atoms with Crippen LogP contribution in [0.4, 0.5) is 0 Å². The van der Waals surface area contributed by atoms with Gasteiger partial charge in [0.2, 0.25) is 0 Å². The van der Waals surface area contributed by atoms with Crippen molar-refractivity contribution in [1.29, 1.82) is 0 Å². The maximum Gasteiger partial charge on any atom is 0.0129 e. The highest BCUT2D eigenvalue weighted by molar-refractivity contribution is 9.09. The lowest BCUT2D eigenvalue weighted by Gasteiger charge is -1.93. The topological polar surface area (TPSA) is 26.0 Å². The van der Waals surface area contributed by atoms with Crippen LogP contribution in [0.25, 0.3) is 0 Å². The van der Waals surface area contributed by atoms with E-state index in [0.717, 1.165) is 13.0 Å². The number of hydrogen-bond acceptors (Lipinski definition) is 1. The van der Waals surface area contributed by atoms with Crippen LogP contribution in [-0.2, 0) is 0 Å². The van der Waals surface area contributed by atoms with E-state index < -0.39 is 0 Å². The first-order valence-electron chi connectivity index (χ1n) is 2.11. The SMILES string of the molecule is C[C@H](Br)CCN. The second kappa shape index (κ2) is 3.62. The molecule has 0 aromatic rings. The molecule has 0 saturated heterocycles. The third-order valence-electron chi connectivity index (χ3n) is 0.564. The van der Waals surface area contributed by atoms with Crippen LogP contribution in [-0.4, -0.2) is 11.4 Å². The third-order valence-corrected chi connectivity index (χ3v) is 1.02. The predicted molar refractivity (Wildman–Crippen MR) is 32.1 cm³/mol. The largest absolute Gasteiger partial charge is 0.330 e. The second-order valence-electron chi connectivity index (χ2n) is 1.36. The maximum absolute atomic E-state index is 5.20. The van der Waals surface area contributed by atoms with E-state index >= 15 is 0 Å². The van der Waals surface area contributed by atoms with Gasteiger partial charge in [0.1, 0.15) is 0 Å². The Bertz CT molecular complexity index is 28.7. The van der Waals surface area contributed by atoms with Crippen molar-refractivity contribution in [3.05, 3.63) is 0 Å². The van der Waals surface area contributed by atoms with E-state index in [-0.39, 0.29) is 0 Å². The number of halogens is 1. The number of hydrogen-bond donors (Lipinski definition) is 1. The van der Waals surface area contributed by atoms with Crippen molar-refractivity contribution in [1.82, 2.24) is 0 Å². The summed E-state index contributed by atoms with van der Waals surface area (Å²) in [5.74, 6) is 0. The van der Waals surface area contributed by atoms with Crippen molar-refractivity contribution in [3.63, 3.8) is 0 Å². The van der Waals surface area contributed by atoms with Crippen LogP contribution in [0.2, 0.25) is 0 Å². The molecule has 1 atom stereocenters. The van der Waals surface area contributed by atoms with Crippen LogP contribution in [0.5, 0.6) is 0 Å². The summed E-state index contributed by atoms with van der Waals surface area (Å²) in [4.78, 5) is 0.586. The highest BCUT2D eigenvalue weighted by Gasteiger charge is 1.88. The maximum atomic E-state index is 5.20. The molecule has 0 rings (SSSR count). The molecule has 6 heavy (non-hydrogen) atoms. The molecule has 1 nitrogen and oxygen atoms in total. The molecule has 0 radical (unpaired) electrons. The second-order valence-corrected chi connectivity index (χ2v) is 2.92. The van der Waals surface area contributed by atoms with Crippen molar-refractivity contribution in [2.24, 2.45) is 5.73 Å². The van der Waals surface area contributed by atoms with Gasteiger partial charge in [-0.25, -0.2) is 0 Å². The first-order chi connectivity index (χ1) is 2.77. The Labute approximate surface area is 47.0 Å². The zero-order valence-corrected chi connectivity index (χ0v) is 5.53. The van der Waals surface area contributed by atoms with Crippen LogP contribution >= 0.6 is 15.9 Å². The van der Waals surface area contributed by atoms with E-state index in [1.807, 2.05) is 0 Å². The fourth-order valence-corrected chi connectivity index (χ4v) is 0.494. The van der Waals surface area contributed by atoms with Crippen molar-refractivity contribution in [3.8, 4) is 0 Å². The van der Waals surface area contributed by atoms with E-state index in [0.29, 0.717) is 4.83 Å². The highest BCUT2D eigenvalue weighted by Crippen LogP contribution is 1.99. The summed E-state index contributed by atoms with van der Waals surface area (Å²) in [7, 11) is 0. The standard InChI is InChI=1S/C4H10BrN/c1-4(5)2-3-6/h4H,2-3,6H2,1H3/t4-/m0/s1. The summed E-state index contributed by atoms with van der Waals surface area (Å²) in [6.45, 7) is 2.87. The number of nitrogens with two attached hydrogens (primary N) is 1. The minimum absolute atomic E-state index is 0.586. The van der Waals surface area contributed by atoms with Gasteiger partial charge in [-0.15, -0.1) is 0 Å². The van der Waals surface area contributed by atoms with Crippen LogP contribution in [0.15, 0.2) is 0 Å². The molecular formula is C4H10BrN. The Morgan fingerprint density at radius 1 is 1.83 bits per heavy atom. The monoisotopic (exact) mass is 151 g/mol. The summed E-state index contributed by atoms with van der Waals surface area (Å²) in [6.07, 6.45) is 1.07. The van der Waals surface area contributed by atoms with Gasteiger partial charge in [0.15, 0.2) is 0 Å². The van der Waals surface area contributed by atoms with Crippen LogP contribution in [0.1, 0.15) is 13.3 Å². The molecule has 0 aliphatic rings. The van der Waals surface area contributed by atoms with E-state index in [9.17, 15) is 0 Å². The van der Waals surface area contributed by atoms with Crippen LogP contribution < -0.4 is 5.73 Å². The smallest absolute Gasteiger partial charge is 0.0129 e. The predicted octanol–water partition coefficient (Wildman–Crippen LogP) is 1.12. The Balaban J connectivity index is 2.63. The average molecular weight is 152 g/mol. The van der Waals surface area contributed by atoms with Crippen molar-refractivity contribution in [2.75, 3.05) is 6.54 Å². The van der Waals surface area contributed by atoms with Gasteiger partial charge in [-0.05, 0) is 13.0 Å². The van der Waals surface area contributed by atoms with E-state index in [1.165, 1.54) is 0 Å². The lowest BCUT2D eigenvalue weighted by molar-refractivity contribution is 0.834. The first kappa shape index (κ1) is 6.44. The Morgan fingerprint density at radius 3 is 2.33 bits per heavy atom. The molecule has 2 N–H and O–H groups in total. The quantitative estimate of drug-likeness (QED) is 0.589. The molecule has 0 fully saturated rings. The molecule has 0 heterocycles. The molecule has 0 saturated carbocycles. The molecule has 0 spiro atoms. The Morgan fingerprint density at radius 2 is 2.33 bits per heavy atom. The van der Waals surface area contributed by atoms with Gasteiger partial charge in [-0.2, -0.15) is 0 Å². The Hall–Kier alpha value is 0.440. The molecule has 0 aliphatic heterocycles. The number of alkyl halides is 1. The fourth-order valence-electron chi connectivity index (χ4n) is 0.230. The lowest BCUT2D eigenvalue weighted by atomic mass is 10.3. The fraction of sp³-hybridized carbons (Fsp3) is 1.00. The van der Waals surface area contributed by atoms with Crippen molar-refractivity contribution in [2.45, 2.75) is 18.2 Å². The third kappa shape index (κ3) is 4.44. The summed E-state index contributed by atoms with van der Waals surface area (Å²) < 4.78 is 0. The minimum atomic E-state index is 0.586. The Kier molecular flexibility index (Phi) is 3.89. The molecule has 0 aromatic carbocycles. The van der Waals surface area contributed by atoms with Gasteiger partial charge in [-0.3, -0.25) is 0 Å². The molecule has 0 unspecified atom stereocenters. The van der Waals surface area contributed by atoms with E-state index in [1.54, 1.807) is 0 Å². The molecule has 0 amide bonds. The summed E-state index contributed by atoms with van der Waals surface area (Å²) in [5.41, 5.74) is 5.20. The first-order valence-corrected chi connectivity index (χ1v) is 3.03. The highest BCUT2D eigenvalue weighted by atomic mass is 79.9. The van der Waals surface area contributed by atoms with E-state index in [2.05, 4.69) is 22.9 Å². The zero-order chi connectivity index (χ0) is 4.99. The van der Waals surface area contributed by atoms with Crippen molar-refractivity contribution < 1.29 is 0 Å². The van der Waals surface area contributed by atoms with Gasteiger partial charge in [0.05, 0.1) is 0 Å². The van der Waals surface area contributed by atoms with Gasteiger partial charge in [0.25, 0.3) is 0 Å². The summed E-state index contributed by atoms with van der Waals surface area (Å²) >= 11 is 3.35. The van der Waals surface area contributed by atoms with E-state index in [4.69, 9.17) is 5.73 Å². The zero-order valence-electron chi connectivity index (χ0n) is 3.95. The van der Waals surface area contributed by atoms with Gasteiger partial charge < -0.3 is 5.73 Å². The number of rotatable bonds is 2. The normalized spacial score (nSPS) is 14.5. The molecule has 0 bridgehead atoms. The summed E-state index contributed by atoms with van der Waals surface area (Å²) in [6, 6.07) is 0. The molecule has 0 aliphatic carbocycles. The lowest BCUT2D eigenvalue weighted by Crippen LogP contribution is -2.03. The molecule has 0 aromatic heterocycles. The van der Waals surface area contributed by atoms with Gasteiger partial charge >= 0.3 is 0 Å². The summed E-state index contributed by atoms with van der Waals surface area (Å²) in [5, 5.41) is 0. The van der Waals surface area contributed by atoms with Gasteiger partial charge in [-0.1, -0.05) is 22.9 Å². The van der Waals surface area contributed by atoms with Crippen LogP contribution in [0.3, 0.4) is 0 Å². The average Bonchev–Trinajstić information content (AvgIpc) is 1.35. The molecular weight excluding hydrogens is 142 g/mol. The minimum Gasteiger partial charge on any atom is -0.330 e.